The van der Waals surface area contributed by atoms with Gasteiger partial charge in [-0.15, -0.1) is 12.4 Å². The highest BCUT2D eigenvalue weighted by molar-refractivity contribution is 5.85. The van der Waals surface area contributed by atoms with Crippen LogP contribution in [0, 0.1) is 5.92 Å². The topological polar surface area (TPSA) is 45.2 Å². The van der Waals surface area contributed by atoms with Gasteiger partial charge in [-0.2, -0.15) is 0 Å². The molecular weight excluding hydrogens is 382 g/mol. The van der Waals surface area contributed by atoms with Crippen LogP contribution in [0.5, 0.6) is 0 Å². The van der Waals surface area contributed by atoms with Crippen molar-refractivity contribution in [3.05, 3.63) is 65.5 Å². The molecule has 0 radical (unpaired) electrons. The number of aryl methyl sites for hydroxylation is 1. The molecule has 29 heavy (non-hydrogen) atoms. The predicted molar refractivity (Wildman–Crippen MR) is 119 cm³/mol. The smallest absolute Gasteiger partial charge is 0.223 e. The summed E-state index contributed by atoms with van der Waals surface area (Å²) in [4.78, 5) is 20.0. The van der Waals surface area contributed by atoms with Crippen LogP contribution in [0.15, 0.2) is 48.7 Å². The SMILES string of the molecule is Cl.O=C(CC1CCc2ccccc2C1)N(Cc1ccccn1)C1CCCNCC1. The number of pyridine rings is 1. The minimum Gasteiger partial charge on any atom is -0.334 e. The van der Waals surface area contributed by atoms with Crippen LogP contribution < -0.4 is 5.32 Å². The lowest BCUT2D eigenvalue weighted by Gasteiger charge is -2.33. The third-order valence-electron chi connectivity index (χ3n) is 6.28. The van der Waals surface area contributed by atoms with Gasteiger partial charge in [0.25, 0.3) is 0 Å². The Labute approximate surface area is 180 Å². The van der Waals surface area contributed by atoms with Crippen molar-refractivity contribution in [3.63, 3.8) is 0 Å². The van der Waals surface area contributed by atoms with Crippen LogP contribution in [0.3, 0.4) is 0 Å². The number of carbonyl (C=O) groups is 1. The number of aromatic nitrogens is 1. The first kappa shape index (κ1) is 21.8. The standard InChI is InChI=1S/C24H31N3O.ClH/c28-24(17-19-10-11-20-6-1-2-7-21(20)16-19)27(18-22-8-3-4-14-26-22)23-9-5-13-25-15-12-23;/h1-4,6-8,14,19,23,25H,5,9-13,15-18H2;1H. The molecule has 156 valence electrons. The van der Waals surface area contributed by atoms with Crippen molar-refractivity contribution >= 4 is 18.3 Å². The van der Waals surface area contributed by atoms with E-state index in [1.54, 1.807) is 0 Å². The molecule has 0 spiro atoms. The van der Waals surface area contributed by atoms with Gasteiger partial charge in [-0.3, -0.25) is 9.78 Å². The molecule has 1 saturated heterocycles. The molecule has 2 aromatic rings. The highest BCUT2D eigenvalue weighted by atomic mass is 35.5. The monoisotopic (exact) mass is 413 g/mol. The second-order valence-corrected chi connectivity index (χ2v) is 8.26. The second-order valence-electron chi connectivity index (χ2n) is 8.26. The number of nitrogens with zero attached hydrogens (tertiary/aromatic N) is 2. The van der Waals surface area contributed by atoms with Gasteiger partial charge in [0.2, 0.25) is 5.91 Å². The minimum atomic E-state index is 0. The van der Waals surface area contributed by atoms with Crippen LogP contribution in [-0.2, 0) is 24.2 Å². The van der Waals surface area contributed by atoms with Gasteiger partial charge in [-0.1, -0.05) is 30.3 Å². The maximum Gasteiger partial charge on any atom is 0.223 e. The fourth-order valence-electron chi connectivity index (χ4n) is 4.71. The fourth-order valence-corrected chi connectivity index (χ4v) is 4.71. The molecule has 0 saturated carbocycles. The van der Waals surface area contributed by atoms with Gasteiger partial charge in [-0.05, 0) is 80.8 Å². The van der Waals surface area contributed by atoms with Gasteiger partial charge in [0.05, 0.1) is 12.2 Å². The van der Waals surface area contributed by atoms with Crippen LogP contribution >= 0.6 is 12.4 Å². The molecular formula is C24H32ClN3O. The quantitative estimate of drug-likeness (QED) is 0.800. The molecule has 1 aliphatic heterocycles. The summed E-state index contributed by atoms with van der Waals surface area (Å²) in [6.45, 7) is 2.68. The van der Waals surface area contributed by atoms with E-state index >= 15 is 0 Å². The highest BCUT2D eigenvalue weighted by Crippen LogP contribution is 2.29. The van der Waals surface area contributed by atoms with Crippen LogP contribution in [0.4, 0.5) is 0 Å². The van der Waals surface area contributed by atoms with E-state index in [1.807, 2.05) is 24.4 Å². The van der Waals surface area contributed by atoms with Gasteiger partial charge < -0.3 is 10.2 Å². The van der Waals surface area contributed by atoms with Gasteiger partial charge in [0, 0.05) is 18.7 Å². The van der Waals surface area contributed by atoms with Crippen molar-refractivity contribution in [2.75, 3.05) is 13.1 Å². The average molecular weight is 414 g/mol. The number of hydrogen-bond acceptors (Lipinski definition) is 3. The van der Waals surface area contributed by atoms with E-state index in [4.69, 9.17) is 0 Å². The van der Waals surface area contributed by atoms with Crippen molar-refractivity contribution in [3.8, 4) is 0 Å². The predicted octanol–water partition coefficient (Wildman–Crippen LogP) is 4.17. The third kappa shape index (κ3) is 5.80. The van der Waals surface area contributed by atoms with Gasteiger partial charge in [0.15, 0.2) is 0 Å². The summed E-state index contributed by atoms with van der Waals surface area (Å²) in [5.74, 6) is 0.763. The third-order valence-corrected chi connectivity index (χ3v) is 6.28. The highest BCUT2D eigenvalue weighted by Gasteiger charge is 2.28. The summed E-state index contributed by atoms with van der Waals surface area (Å²) in [5.41, 5.74) is 3.88. The van der Waals surface area contributed by atoms with Crippen molar-refractivity contribution in [2.45, 2.75) is 57.5 Å². The summed E-state index contributed by atoms with van der Waals surface area (Å²) >= 11 is 0. The van der Waals surface area contributed by atoms with E-state index in [0.717, 1.165) is 57.3 Å². The second kappa shape index (κ2) is 10.7. The molecule has 1 fully saturated rings. The van der Waals surface area contributed by atoms with Crippen molar-refractivity contribution in [1.29, 1.82) is 0 Å². The number of carbonyl (C=O) groups excluding carboxylic acids is 1. The Morgan fingerprint density at radius 1 is 1.03 bits per heavy atom. The van der Waals surface area contributed by atoms with Crippen LogP contribution in [-0.4, -0.2) is 34.9 Å². The maximum absolute atomic E-state index is 13.4. The minimum absolute atomic E-state index is 0. The van der Waals surface area contributed by atoms with Gasteiger partial charge in [-0.25, -0.2) is 0 Å². The molecule has 2 aliphatic rings. The first-order chi connectivity index (χ1) is 13.8. The molecule has 2 heterocycles. The molecule has 5 heteroatoms. The molecule has 1 amide bonds. The fraction of sp³-hybridized carbons (Fsp3) is 0.500. The first-order valence-electron chi connectivity index (χ1n) is 10.8. The summed E-state index contributed by atoms with van der Waals surface area (Å²) in [5, 5.41) is 3.47. The van der Waals surface area contributed by atoms with Crippen LogP contribution in [0.25, 0.3) is 0 Å². The van der Waals surface area contributed by atoms with Crippen LogP contribution in [0.1, 0.15) is 48.9 Å². The maximum atomic E-state index is 13.4. The largest absolute Gasteiger partial charge is 0.334 e. The van der Waals surface area contributed by atoms with Crippen molar-refractivity contribution < 1.29 is 4.79 Å². The number of hydrogen-bond donors (Lipinski definition) is 1. The van der Waals surface area contributed by atoms with Gasteiger partial charge >= 0.3 is 0 Å². The molecule has 1 aromatic carbocycles. The number of benzene rings is 1. The summed E-state index contributed by atoms with van der Waals surface area (Å²) in [7, 11) is 0. The van der Waals surface area contributed by atoms with E-state index in [-0.39, 0.29) is 12.4 Å². The zero-order chi connectivity index (χ0) is 19.2. The van der Waals surface area contributed by atoms with E-state index in [2.05, 4.69) is 39.5 Å². The summed E-state index contributed by atoms with van der Waals surface area (Å²) < 4.78 is 0. The average Bonchev–Trinajstić information content (AvgIpc) is 3.02. The Balaban J connectivity index is 0.00000240. The number of amides is 1. The molecule has 1 N–H and O–H groups in total. The lowest BCUT2D eigenvalue weighted by Crippen LogP contribution is -2.41. The lowest BCUT2D eigenvalue weighted by atomic mass is 9.82. The van der Waals surface area contributed by atoms with Crippen molar-refractivity contribution in [1.82, 2.24) is 15.2 Å². The van der Waals surface area contributed by atoms with E-state index in [9.17, 15) is 4.79 Å². The molecule has 1 aromatic heterocycles. The van der Waals surface area contributed by atoms with E-state index in [0.29, 0.717) is 30.8 Å². The number of halogens is 1. The Bertz CT molecular complexity index is 775. The molecule has 0 bridgehead atoms. The Hall–Kier alpha value is -1.91. The molecule has 4 nitrogen and oxygen atoms in total. The van der Waals surface area contributed by atoms with Gasteiger partial charge in [0.1, 0.15) is 0 Å². The molecule has 4 rings (SSSR count). The summed E-state index contributed by atoms with van der Waals surface area (Å²) in [6.07, 6.45) is 8.98. The Kier molecular flexibility index (Phi) is 8.08. The molecule has 2 atom stereocenters. The number of nitrogens with one attached hydrogen (secondary N) is 1. The zero-order valence-electron chi connectivity index (χ0n) is 17.1. The molecule has 1 aliphatic carbocycles. The van der Waals surface area contributed by atoms with E-state index < -0.39 is 0 Å². The normalized spacial score (nSPS) is 21.4. The van der Waals surface area contributed by atoms with Crippen LogP contribution in [0.2, 0.25) is 0 Å². The van der Waals surface area contributed by atoms with E-state index in [1.165, 1.54) is 11.1 Å². The zero-order valence-corrected chi connectivity index (χ0v) is 17.9. The number of fused-ring (bicyclic) bond motifs is 1. The Morgan fingerprint density at radius 3 is 2.69 bits per heavy atom. The molecule has 2 unspecified atom stereocenters. The number of rotatable bonds is 5. The summed E-state index contributed by atoms with van der Waals surface area (Å²) in [6, 6.07) is 15.0. The lowest BCUT2D eigenvalue weighted by molar-refractivity contribution is -0.135. The van der Waals surface area contributed by atoms with Crippen molar-refractivity contribution in [2.24, 2.45) is 5.92 Å². The first-order valence-corrected chi connectivity index (χ1v) is 10.8. The Morgan fingerprint density at radius 2 is 1.86 bits per heavy atom.